The van der Waals surface area contributed by atoms with Crippen molar-refractivity contribution in [2.24, 2.45) is 0 Å². The third kappa shape index (κ3) is 5.07. The number of sulfone groups is 1. The molecule has 1 aliphatic rings. The normalized spacial score (nSPS) is 18.9. The predicted octanol–water partition coefficient (Wildman–Crippen LogP) is 1.66. The molecule has 1 aromatic carbocycles. The Morgan fingerprint density at radius 3 is 2.52 bits per heavy atom. The highest BCUT2D eigenvalue weighted by Gasteiger charge is 2.30. The molecule has 1 aromatic heterocycles. The molecule has 3 rings (SSSR count). The minimum atomic E-state index is -3.13. The topological polar surface area (TPSA) is 105 Å². The second-order valence-electron chi connectivity index (χ2n) is 6.47. The number of aryl methyl sites for hydroxylation is 1. The van der Waals surface area contributed by atoms with Crippen LogP contribution in [0, 0.1) is 6.92 Å². The molecule has 2 N–H and O–H groups in total. The number of carbonyl (C=O) groups is 2. The van der Waals surface area contributed by atoms with Gasteiger partial charge in [-0.05, 0) is 37.6 Å². The minimum absolute atomic E-state index is 0.0141. The van der Waals surface area contributed by atoms with Crippen LogP contribution in [-0.4, -0.2) is 37.8 Å². The lowest BCUT2D eigenvalue weighted by Gasteiger charge is -2.14. The van der Waals surface area contributed by atoms with E-state index in [0.717, 1.165) is 5.56 Å². The van der Waals surface area contributed by atoms with E-state index in [9.17, 15) is 18.0 Å². The van der Waals surface area contributed by atoms with Gasteiger partial charge >= 0.3 is 0 Å². The molecule has 0 aliphatic carbocycles. The van der Waals surface area contributed by atoms with Gasteiger partial charge in [0.25, 0.3) is 11.8 Å². The van der Waals surface area contributed by atoms with Crippen molar-refractivity contribution in [3.05, 3.63) is 65.2 Å². The first-order valence-corrected chi connectivity index (χ1v) is 10.3. The summed E-state index contributed by atoms with van der Waals surface area (Å²) in [5, 5.41) is 5.26. The number of furan rings is 1. The van der Waals surface area contributed by atoms with E-state index < -0.39 is 27.7 Å². The first-order chi connectivity index (χ1) is 12.8. The summed E-state index contributed by atoms with van der Waals surface area (Å²) < 4.78 is 28.4. The summed E-state index contributed by atoms with van der Waals surface area (Å²) in [6, 6.07) is 9.76. The van der Waals surface area contributed by atoms with Gasteiger partial charge in [0.1, 0.15) is 11.5 Å². The standard InChI is InChI=1S/C19H20N2O5S/c1-13-4-6-14(7-5-13)18(22)21-17(11-16-3-2-9-26-16)19(23)20-15-8-10-27(24,25)12-15/h2-7,9,11,15H,8,10,12H2,1H3,(H,20,23)(H,21,22). The van der Waals surface area contributed by atoms with Crippen LogP contribution in [0.3, 0.4) is 0 Å². The van der Waals surface area contributed by atoms with E-state index in [1.807, 2.05) is 6.92 Å². The summed E-state index contributed by atoms with van der Waals surface area (Å²) in [4.78, 5) is 25.1. The summed E-state index contributed by atoms with van der Waals surface area (Å²) in [7, 11) is -3.13. The Morgan fingerprint density at radius 2 is 1.93 bits per heavy atom. The van der Waals surface area contributed by atoms with E-state index in [1.165, 1.54) is 12.3 Å². The fourth-order valence-electron chi connectivity index (χ4n) is 2.75. The number of hydrogen-bond acceptors (Lipinski definition) is 5. The Hall–Kier alpha value is -2.87. The van der Waals surface area contributed by atoms with E-state index in [1.54, 1.807) is 36.4 Å². The third-order valence-electron chi connectivity index (χ3n) is 4.20. The van der Waals surface area contributed by atoms with Crippen LogP contribution < -0.4 is 10.6 Å². The monoisotopic (exact) mass is 388 g/mol. The molecule has 1 atom stereocenters. The maximum absolute atomic E-state index is 12.6. The number of amides is 2. The molecular formula is C19H20N2O5S. The van der Waals surface area contributed by atoms with Crippen LogP contribution in [0.2, 0.25) is 0 Å². The van der Waals surface area contributed by atoms with Gasteiger partial charge in [0, 0.05) is 17.7 Å². The molecule has 0 saturated carbocycles. The van der Waals surface area contributed by atoms with E-state index in [4.69, 9.17) is 4.42 Å². The smallest absolute Gasteiger partial charge is 0.268 e. The molecule has 0 radical (unpaired) electrons. The van der Waals surface area contributed by atoms with Gasteiger partial charge in [-0.25, -0.2) is 8.42 Å². The second-order valence-corrected chi connectivity index (χ2v) is 8.70. The lowest BCUT2D eigenvalue weighted by Crippen LogP contribution is -2.41. The summed E-state index contributed by atoms with van der Waals surface area (Å²) in [5.74, 6) is -0.664. The Labute approximate surface area is 157 Å². The molecule has 1 aliphatic heterocycles. The van der Waals surface area contributed by atoms with Crippen LogP contribution in [0.15, 0.2) is 52.8 Å². The van der Waals surface area contributed by atoms with E-state index in [-0.39, 0.29) is 17.2 Å². The maximum atomic E-state index is 12.6. The first-order valence-electron chi connectivity index (χ1n) is 8.47. The van der Waals surface area contributed by atoms with Crippen molar-refractivity contribution in [3.63, 3.8) is 0 Å². The molecule has 2 aromatic rings. The van der Waals surface area contributed by atoms with Gasteiger partial charge in [0.05, 0.1) is 17.8 Å². The van der Waals surface area contributed by atoms with Gasteiger partial charge in [-0.15, -0.1) is 0 Å². The Balaban J connectivity index is 1.77. The fraction of sp³-hybridized carbons (Fsp3) is 0.263. The van der Waals surface area contributed by atoms with Crippen molar-refractivity contribution in [1.29, 1.82) is 0 Å². The van der Waals surface area contributed by atoms with Crippen molar-refractivity contribution in [1.82, 2.24) is 10.6 Å². The Kier molecular flexibility index (Phi) is 5.46. The molecule has 8 heteroatoms. The SMILES string of the molecule is Cc1ccc(C(=O)NC(=Cc2ccco2)C(=O)NC2CCS(=O)(=O)C2)cc1. The maximum Gasteiger partial charge on any atom is 0.268 e. The van der Waals surface area contributed by atoms with Crippen LogP contribution in [0.5, 0.6) is 0 Å². The average Bonchev–Trinajstić information content (AvgIpc) is 3.24. The second kappa shape index (κ2) is 7.79. The van der Waals surface area contributed by atoms with Crippen LogP contribution >= 0.6 is 0 Å². The van der Waals surface area contributed by atoms with Crippen LogP contribution in [0.4, 0.5) is 0 Å². The zero-order chi connectivity index (χ0) is 19.4. The quantitative estimate of drug-likeness (QED) is 0.758. The minimum Gasteiger partial charge on any atom is -0.465 e. The number of benzene rings is 1. The van der Waals surface area contributed by atoms with E-state index in [0.29, 0.717) is 17.7 Å². The third-order valence-corrected chi connectivity index (χ3v) is 5.97. The molecule has 0 bridgehead atoms. The van der Waals surface area contributed by atoms with Crippen molar-refractivity contribution < 1.29 is 22.4 Å². The van der Waals surface area contributed by atoms with Gasteiger partial charge in [0.2, 0.25) is 0 Å². The van der Waals surface area contributed by atoms with Crippen LogP contribution in [-0.2, 0) is 14.6 Å². The highest BCUT2D eigenvalue weighted by atomic mass is 32.2. The number of nitrogens with one attached hydrogen (secondary N) is 2. The zero-order valence-electron chi connectivity index (χ0n) is 14.8. The Morgan fingerprint density at radius 1 is 1.19 bits per heavy atom. The predicted molar refractivity (Wildman–Crippen MR) is 101 cm³/mol. The lowest BCUT2D eigenvalue weighted by molar-refractivity contribution is -0.118. The van der Waals surface area contributed by atoms with Crippen molar-refractivity contribution in [3.8, 4) is 0 Å². The summed E-state index contributed by atoms with van der Waals surface area (Å²) in [5.41, 5.74) is 1.40. The molecule has 1 unspecified atom stereocenters. The summed E-state index contributed by atoms with van der Waals surface area (Å²) in [6.07, 6.45) is 3.21. The summed E-state index contributed by atoms with van der Waals surface area (Å²) >= 11 is 0. The zero-order valence-corrected chi connectivity index (χ0v) is 15.6. The van der Waals surface area contributed by atoms with Gasteiger partial charge in [-0.2, -0.15) is 0 Å². The molecular weight excluding hydrogens is 368 g/mol. The van der Waals surface area contributed by atoms with Crippen molar-refractivity contribution >= 4 is 27.7 Å². The lowest BCUT2D eigenvalue weighted by atomic mass is 10.1. The molecule has 2 amide bonds. The van der Waals surface area contributed by atoms with E-state index in [2.05, 4.69) is 10.6 Å². The molecule has 7 nitrogen and oxygen atoms in total. The largest absolute Gasteiger partial charge is 0.465 e. The number of rotatable bonds is 5. The number of hydrogen-bond donors (Lipinski definition) is 2. The average molecular weight is 388 g/mol. The van der Waals surface area contributed by atoms with Gasteiger partial charge in [0.15, 0.2) is 9.84 Å². The molecule has 27 heavy (non-hydrogen) atoms. The van der Waals surface area contributed by atoms with Crippen molar-refractivity contribution in [2.75, 3.05) is 11.5 Å². The highest BCUT2D eigenvalue weighted by Crippen LogP contribution is 2.13. The van der Waals surface area contributed by atoms with Crippen LogP contribution in [0.1, 0.15) is 28.1 Å². The number of carbonyl (C=O) groups excluding carboxylic acids is 2. The molecule has 1 fully saturated rings. The van der Waals surface area contributed by atoms with Crippen molar-refractivity contribution in [2.45, 2.75) is 19.4 Å². The molecule has 2 heterocycles. The van der Waals surface area contributed by atoms with Gasteiger partial charge < -0.3 is 15.1 Å². The fourth-order valence-corrected chi connectivity index (χ4v) is 4.42. The molecule has 1 saturated heterocycles. The van der Waals surface area contributed by atoms with Gasteiger partial charge in [-0.1, -0.05) is 17.7 Å². The van der Waals surface area contributed by atoms with Crippen LogP contribution in [0.25, 0.3) is 6.08 Å². The molecule has 0 spiro atoms. The van der Waals surface area contributed by atoms with Gasteiger partial charge in [-0.3, -0.25) is 9.59 Å². The summed E-state index contributed by atoms with van der Waals surface area (Å²) in [6.45, 7) is 1.91. The van der Waals surface area contributed by atoms with E-state index >= 15 is 0 Å². The first kappa shape index (κ1) is 18.9. The highest BCUT2D eigenvalue weighted by molar-refractivity contribution is 7.91. The Bertz CT molecular complexity index is 960. The molecule has 142 valence electrons.